The lowest BCUT2D eigenvalue weighted by Crippen LogP contribution is -2.17. The van der Waals surface area contributed by atoms with Crippen LogP contribution in [0.4, 0.5) is 10.5 Å². The van der Waals surface area contributed by atoms with Crippen LogP contribution in [0.5, 0.6) is 0 Å². The third kappa shape index (κ3) is 1.88. The number of rotatable bonds is 1. The number of hydrogen-bond donors (Lipinski definition) is 1. The summed E-state index contributed by atoms with van der Waals surface area (Å²) in [7, 11) is 0. The fourth-order valence-corrected chi connectivity index (χ4v) is 2.63. The Kier molecular flexibility index (Phi) is 2.69. The van der Waals surface area contributed by atoms with Crippen molar-refractivity contribution in [1.82, 2.24) is 0 Å². The molecule has 1 aromatic carbocycles. The molecule has 3 nitrogen and oxygen atoms in total. The van der Waals surface area contributed by atoms with Crippen molar-refractivity contribution in [3.05, 3.63) is 28.2 Å². The van der Waals surface area contributed by atoms with Gasteiger partial charge in [-0.2, -0.15) is 0 Å². The van der Waals surface area contributed by atoms with Gasteiger partial charge in [0.15, 0.2) is 0 Å². The van der Waals surface area contributed by atoms with Crippen LogP contribution in [-0.2, 0) is 6.42 Å². The average Bonchev–Trinajstić information content (AvgIpc) is 2.47. The molecule has 1 amide bonds. The summed E-state index contributed by atoms with van der Waals surface area (Å²) in [5.41, 5.74) is 7.48. The summed E-state index contributed by atoms with van der Waals surface area (Å²) in [5, 5.41) is -0.360. The van der Waals surface area contributed by atoms with Gasteiger partial charge in [0.1, 0.15) is 0 Å². The first-order valence-corrected chi connectivity index (χ1v) is 5.77. The summed E-state index contributed by atoms with van der Waals surface area (Å²) in [4.78, 5) is 10.8. The SMILES string of the molecule is NC(=O)SN1CCc2cc(Br)ccc21. The maximum Gasteiger partial charge on any atom is 0.297 e. The molecule has 0 aromatic heterocycles. The van der Waals surface area contributed by atoms with E-state index in [0.29, 0.717) is 0 Å². The number of fused-ring (bicyclic) bond motifs is 1. The van der Waals surface area contributed by atoms with Crippen molar-refractivity contribution in [2.75, 3.05) is 10.8 Å². The zero-order valence-electron chi connectivity index (χ0n) is 7.37. The predicted octanol–water partition coefficient (Wildman–Crippen LogP) is 2.54. The van der Waals surface area contributed by atoms with Crippen molar-refractivity contribution < 1.29 is 4.79 Å². The van der Waals surface area contributed by atoms with Gasteiger partial charge < -0.3 is 10.0 Å². The normalized spacial score (nSPS) is 14.2. The van der Waals surface area contributed by atoms with Crippen molar-refractivity contribution in [1.29, 1.82) is 0 Å². The molecular formula is C9H9BrN2OS. The van der Waals surface area contributed by atoms with Crippen molar-refractivity contribution in [3.63, 3.8) is 0 Å². The van der Waals surface area contributed by atoms with Gasteiger partial charge in [-0.3, -0.25) is 4.79 Å². The number of nitrogens with zero attached hydrogens (tertiary/aromatic N) is 1. The lowest BCUT2D eigenvalue weighted by Gasteiger charge is -2.14. The Balaban J connectivity index is 2.26. The highest BCUT2D eigenvalue weighted by Crippen LogP contribution is 2.34. The molecule has 2 rings (SSSR count). The van der Waals surface area contributed by atoms with E-state index in [9.17, 15) is 4.79 Å². The number of halogens is 1. The van der Waals surface area contributed by atoms with Gasteiger partial charge in [-0.1, -0.05) is 15.9 Å². The van der Waals surface area contributed by atoms with E-state index in [-0.39, 0.29) is 5.24 Å². The quantitative estimate of drug-likeness (QED) is 0.800. The highest BCUT2D eigenvalue weighted by Gasteiger charge is 2.21. The van der Waals surface area contributed by atoms with Crippen molar-refractivity contribution in [2.45, 2.75) is 6.42 Å². The van der Waals surface area contributed by atoms with E-state index in [2.05, 4.69) is 22.0 Å². The third-order valence-electron chi connectivity index (χ3n) is 2.09. The van der Waals surface area contributed by atoms with Gasteiger partial charge in [0.05, 0.1) is 17.6 Å². The van der Waals surface area contributed by atoms with Gasteiger partial charge in [-0.25, -0.2) is 0 Å². The average molecular weight is 273 g/mol. The molecule has 0 unspecified atom stereocenters. The summed E-state index contributed by atoms with van der Waals surface area (Å²) < 4.78 is 3.01. The minimum absolute atomic E-state index is 0.360. The molecule has 0 atom stereocenters. The van der Waals surface area contributed by atoms with E-state index >= 15 is 0 Å². The first kappa shape index (κ1) is 9.86. The zero-order valence-corrected chi connectivity index (χ0v) is 9.77. The minimum Gasteiger partial charge on any atom is -0.359 e. The molecule has 74 valence electrons. The molecular weight excluding hydrogens is 264 g/mol. The number of amides is 1. The zero-order chi connectivity index (χ0) is 10.1. The number of nitrogens with two attached hydrogens (primary N) is 1. The van der Waals surface area contributed by atoms with E-state index in [1.807, 2.05) is 16.4 Å². The molecule has 0 saturated carbocycles. The summed E-state index contributed by atoms with van der Waals surface area (Å²) >= 11 is 4.49. The monoisotopic (exact) mass is 272 g/mol. The van der Waals surface area contributed by atoms with Crippen LogP contribution in [0.25, 0.3) is 0 Å². The van der Waals surface area contributed by atoms with E-state index in [1.165, 1.54) is 5.56 Å². The lowest BCUT2D eigenvalue weighted by atomic mass is 10.2. The lowest BCUT2D eigenvalue weighted by molar-refractivity contribution is 0.267. The summed E-state index contributed by atoms with van der Waals surface area (Å²) in [5.74, 6) is 0. The largest absolute Gasteiger partial charge is 0.359 e. The van der Waals surface area contributed by atoms with Crippen LogP contribution in [0.15, 0.2) is 22.7 Å². The molecule has 1 aliphatic heterocycles. The van der Waals surface area contributed by atoms with E-state index < -0.39 is 0 Å². The fourth-order valence-electron chi connectivity index (χ4n) is 1.54. The summed E-state index contributed by atoms with van der Waals surface area (Å²) in [6, 6.07) is 6.05. The number of carbonyl (C=O) groups excluding carboxylic acids is 1. The Labute approximate surface area is 94.9 Å². The van der Waals surface area contributed by atoms with Gasteiger partial charge in [-0.15, -0.1) is 0 Å². The maximum atomic E-state index is 10.8. The first-order valence-electron chi connectivity index (χ1n) is 4.20. The maximum absolute atomic E-state index is 10.8. The molecule has 1 aliphatic rings. The number of hydrogen-bond acceptors (Lipinski definition) is 3. The molecule has 0 radical (unpaired) electrons. The van der Waals surface area contributed by atoms with Crippen LogP contribution in [-0.4, -0.2) is 11.8 Å². The van der Waals surface area contributed by atoms with Crippen LogP contribution < -0.4 is 10.0 Å². The summed E-state index contributed by atoms with van der Waals surface area (Å²) in [6.07, 6.45) is 0.967. The third-order valence-corrected chi connectivity index (χ3v) is 3.37. The Bertz CT molecular complexity index is 383. The standard InChI is InChI=1S/C9H9BrN2OS/c10-7-1-2-8-6(5-7)3-4-12(8)14-9(11)13/h1-2,5H,3-4H2,(H2,11,13). The fraction of sp³-hybridized carbons (Fsp3) is 0.222. The highest BCUT2D eigenvalue weighted by atomic mass is 79.9. The molecule has 0 fully saturated rings. The first-order chi connectivity index (χ1) is 6.66. The van der Waals surface area contributed by atoms with E-state index in [4.69, 9.17) is 5.73 Å². The topological polar surface area (TPSA) is 46.3 Å². The molecule has 1 aromatic rings. The molecule has 14 heavy (non-hydrogen) atoms. The van der Waals surface area contributed by atoms with Crippen LogP contribution in [0, 0.1) is 0 Å². The minimum atomic E-state index is -0.360. The van der Waals surface area contributed by atoms with Gasteiger partial charge in [0, 0.05) is 11.0 Å². The number of anilines is 1. The second-order valence-electron chi connectivity index (χ2n) is 3.04. The molecule has 0 aliphatic carbocycles. The van der Waals surface area contributed by atoms with Crippen molar-refractivity contribution in [2.24, 2.45) is 5.73 Å². The molecule has 2 N–H and O–H groups in total. The second kappa shape index (κ2) is 3.82. The van der Waals surface area contributed by atoms with Crippen LogP contribution in [0.2, 0.25) is 0 Å². The van der Waals surface area contributed by atoms with Crippen LogP contribution in [0.1, 0.15) is 5.56 Å². The molecule has 0 bridgehead atoms. The van der Waals surface area contributed by atoms with Gasteiger partial charge >= 0.3 is 0 Å². The van der Waals surface area contributed by atoms with E-state index in [0.717, 1.165) is 35.1 Å². The van der Waals surface area contributed by atoms with Gasteiger partial charge in [0.25, 0.3) is 5.24 Å². The van der Waals surface area contributed by atoms with E-state index in [1.54, 1.807) is 0 Å². The van der Waals surface area contributed by atoms with Gasteiger partial charge in [0.2, 0.25) is 0 Å². The number of primary amides is 1. The highest BCUT2D eigenvalue weighted by molar-refractivity contribution is 9.10. The Morgan fingerprint density at radius 1 is 1.57 bits per heavy atom. The smallest absolute Gasteiger partial charge is 0.297 e. The Hall–Kier alpha value is -0.680. The molecule has 5 heteroatoms. The van der Waals surface area contributed by atoms with Gasteiger partial charge in [-0.05, 0) is 30.2 Å². The number of carbonyl (C=O) groups is 1. The Morgan fingerprint density at radius 3 is 3.07 bits per heavy atom. The van der Waals surface area contributed by atoms with Crippen molar-refractivity contribution in [3.8, 4) is 0 Å². The van der Waals surface area contributed by atoms with Crippen LogP contribution >= 0.6 is 27.9 Å². The Morgan fingerprint density at radius 2 is 2.36 bits per heavy atom. The summed E-state index contributed by atoms with van der Waals surface area (Å²) in [6.45, 7) is 0.847. The molecule has 0 spiro atoms. The number of benzene rings is 1. The second-order valence-corrected chi connectivity index (χ2v) is 4.98. The molecule has 1 heterocycles. The van der Waals surface area contributed by atoms with Crippen LogP contribution in [0.3, 0.4) is 0 Å². The van der Waals surface area contributed by atoms with Crippen molar-refractivity contribution >= 4 is 38.8 Å². The predicted molar refractivity (Wildman–Crippen MR) is 62.4 cm³/mol. The molecule has 0 saturated heterocycles.